The number of benzene rings is 2. The molecule has 0 fully saturated rings. The molecule has 0 aliphatic carbocycles. The summed E-state index contributed by atoms with van der Waals surface area (Å²) in [6, 6.07) is 12.8. The zero-order chi connectivity index (χ0) is 24.4. The van der Waals surface area contributed by atoms with Crippen LogP contribution in [0.15, 0.2) is 49.1 Å². The van der Waals surface area contributed by atoms with E-state index in [0.717, 1.165) is 58.8 Å². The lowest BCUT2D eigenvalue weighted by atomic mass is 10.1. The van der Waals surface area contributed by atoms with Gasteiger partial charge in [0.1, 0.15) is 11.3 Å². The predicted octanol–water partition coefficient (Wildman–Crippen LogP) is 6.11. The molecule has 0 bridgehead atoms. The lowest BCUT2D eigenvalue weighted by Gasteiger charge is -2.12. The van der Waals surface area contributed by atoms with Gasteiger partial charge in [0.15, 0.2) is 5.82 Å². The summed E-state index contributed by atoms with van der Waals surface area (Å²) in [6.07, 6.45) is 4.10. The van der Waals surface area contributed by atoms with Crippen LogP contribution in [0.25, 0.3) is 33.5 Å². The van der Waals surface area contributed by atoms with Gasteiger partial charge in [0.25, 0.3) is 0 Å². The summed E-state index contributed by atoms with van der Waals surface area (Å²) >= 11 is 0. The molecule has 6 heteroatoms. The van der Waals surface area contributed by atoms with Crippen LogP contribution in [0.4, 0.5) is 0 Å². The van der Waals surface area contributed by atoms with Gasteiger partial charge in [-0.25, -0.2) is 4.98 Å². The van der Waals surface area contributed by atoms with Gasteiger partial charge in [-0.3, -0.25) is 0 Å². The molecule has 2 aromatic carbocycles. The van der Waals surface area contributed by atoms with Gasteiger partial charge in [0.2, 0.25) is 0 Å². The van der Waals surface area contributed by atoms with Crippen molar-refractivity contribution in [3.8, 4) is 17.3 Å². The summed E-state index contributed by atoms with van der Waals surface area (Å²) in [7, 11) is 3.76. The van der Waals surface area contributed by atoms with Crippen molar-refractivity contribution in [2.24, 2.45) is 12.8 Å². The number of methoxy groups -OCH3 is 1. The van der Waals surface area contributed by atoms with E-state index in [1.807, 2.05) is 32.9 Å². The molecule has 2 heterocycles. The van der Waals surface area contributed by atoms with Crippen molar-refractivity contribution in [3.05, 3.63) is 60.2 Å². The third kappa shape index (κ3) is 4.61. The van der Waals surface area contributed by atoms with Gasteiger partial charge in [0, 0.05) is 30.5 Å². The number of allylic oxidation sites excluding steroid dienone is 1. The highest BCUT2D eigenvalue weighted by Gasteiger charge is 2.20. The Hall–Kier alpha value is -3.09. The quantitative estimate of drug-likeness (QED) is 0.229. The van der Waals surface area contributed by atoms with Gasteiger partial charge >= 0.3 is 0 Å². The van der Waals surface area contributed by atoms with Crippen LogP contribution in [-0.2, 0) is 24.9 Å². The fourth-order valence-corrected chi connectivity index (χ4v) is 4.47. The Balaban J connectivity index is 1.89. The van der Waals surface area contributed by atoms with E-state index in [0.29, 0.717) is 6.61 Å². The Bertz CT molecular complexity index is 1310. The minimum Gasteiger partial charge on any atom is -0.494 e. The standard InChI is InChI=1S/C28H36N4O2/c1-7-8-9-12-32-24-15-21(19(4)29)10-11-22(24)16-25(32)28-30-23-13-20(17-34-18(2)3)14-26(33-6)27(23)31(28)5/h7,10-11,13-16,18-19H,1,8-9,12,17,29H2,2-6H3/t19-/m1/s1. The van der Waals surface area contributed by atoms with Gasteiger partial charge in [-0.15, -0.1) is 6.58 Å². The third-order valence-corrected chi connectivity index (χ3v) is 6.27. The fourth-order valence-electron chi connectivity index (χ4n) is 4.47. The number of nitrogens with zero attached hydrogens (tertiary/aromatic N) is 3. The Morgan fingerprint density at radius 1 is 1.15 bits per heavy atom. The number of unbranched alkanes of at least 4 members (excludes halogenated alkanes) is 1. The highest BCUT2D eigenvalue weighted by atomic mass is 16.5. The molecule has 0 aliphatic heterocycles. The lowest BCUT2D eigenvalue weighted by Crippen LogP contribution is -2.06. The molecule has 0 aliphatic rings. The first-order valence-corrected chi connectivity index (χ1v) is 12.0. The van der Waals surface area contributed by atoms with E-state index >= 15 is 0 Å². The van der Waals surface area contributed by atoms with E-state index in [-0.39, 0.29) is 12.1 Å². The summed E-state index contributed by atoms with van der Waals surface area (Å²) < 4.78 is 16.1. The molecule has 1 atom stereocenters. The number of rotatable bonds is 10. The smallest absolute Gasteiger partial charge is 0.157 e. The van der Waals surface area contributed by atoms with E-state index in [9.17, 15) is 0 Å². The first-order chi connectivity index (χ1) is 16.3. The van der Waals surface area contributed by atoms with Crippen molar-refractivity contribution in [2.45, 2.75) is 58.9 Å². The molecule has 180 valence electrons. The van der Waals surface area contributed by atoms with Crippen molar-refractivity contribution < 1.29 is 9.47 Å². The average molecular weight is 461 g/mol. The maximum absolute atomic E-state index is 6.20. The number of hydrogen-bond donors (Lipinski definition) is 1. The Kier molecular flexibility index (Phi) is 7.10. The van der Waals surface area contributed by atoms with E-state index in [2.05, 4.69) is 53.1 Å². The average Bonchev–Trinajstić information content (AvgIpc) is 3.34. The second-order valence-corrected chi connectivity index (χ2v) is 9.24. The van der Waals surface area contributed by atoms with E-state index in [4.69, 9.17) is 20.2 Å². The summed E-state index contributed by atoms with van der Waals surface area (Å²) in [5.41, 5.74) is 12.5. The van der Waals surface area contributed by atoms with Crippen molar-refractivity contribution in [3.63, 3.8) is 0 Å². The second kappa shape index (κ2) is 10.0. The van der Waals surface area contributed by atoms with E-state index < -0.39 is 0 Å². The summed E-state index contributed by atoms with van der Waals surface area (Å²) in [5.74, 6) is 1.71. The Morgan fingerprint density at radius 3 is 2.62 bits per heavy atom. The molecular formula is C28H36N4O2. The lowest BCUT2D eigenvalue weighted by molar-refractivity contribution is 0.0656. The third-order valence-electron chi connectivity index (χ3n) is 6.27. The number of aryl methyl sites for hydroxylation is 2. The van der Waals surface area contributed by atoms with Crippen molar-refractivity contribution in [2.75, 3.05) is 7.11 Å². The van der Waals surface area contributed by atoms with E-state index in [1.165, 1.54) is 10.9 Å². The van der Waals surface area contributed by atoms with Gasteiger partial charge in [-0.05, 0) is 69.0 Å². The first kappa shape index (κ1) is 24.0. The monoisotopic (exact) mass is 460 g/mol. The van der Waals surface area contributed by atoms with Gasteiger partial charge in [0.05, 0.1) is 31.0 Å². The van der Waals surface area contributed by atoms with Crippen molar-refractivity contribution >= 4 is 21.9 Å². The summed E-state index contributed by atoms with van der Waals surface area (Å²) in [5, 5.41) is 1.18. The summed E-state index contributed by atoms with van der Waals surface area (Å²) in [6.45, 7) is 11.4. The molecule has 0 spiro atoms. The number of imidazole rings is 1. The van der Waals surface area contributed by atoms with Crippen LogP contribution in [0.2, 0.25) is 0 Å². The van der Waals surface area contributed by atoms with Gasteiger partial charge < -0.3 is 24.3 Å². The maximum atomic E-state index is 6.20. The highest BCUT2D eigenvalue weighted by molar-refractivity contribution is 5.90. The Morgan fingerprint density at radius 2 is 1.94 bits per heavy atom. The molecule has 6 nitrogen and oxygen atoms in total. The predicted molar refractivity (Wildman–Crippen MR) is 140 cm³/mol. The number of hydrogen-bond acceptors (Lipinski definition) is 4. The highest BCUT2D eigenvalue weighted by Crippen LogP contribution is 2.35. The molecule has 4 rings (SSSR count). The number of ether oxygens (including phenoxy) is 2. The zero-order valence-electron chi connectivity index (χ0n) is 21.0. The molecule has 0 radical (unpaired) electrons. The molecule has 0 amide bonds. The molecule has 0 saturated heterocycles. The normalized spacial score (nSPS) is 12.7. The molecule has 34 heavy (non-hydrogen) atoms. The molecule has 0 saturated carbocycles. The zero-order valence-corrected chi connectivity index (χ0v) is 21.0. The van der Waals surface area contributed by atoms with Crippen LogP contribution in [0.3, 0.4) is 0 Å². The molecule has 2 N–H and O–H groups in total. The van der Waals surface area contributed by atoms with Crippen LogP contribution in [0.1, 0.15) is 50.8 Å². The molecule has 0 unspecified atom stereocenters. The van der Waals surface area contributed by atoms with Crippen molar-refractivity contribution in [1.29, 1.82) is 0 Å². The van der Waals surface area contributed by atoms with Crippen LogP contribution >= 0.6 is 0 Å². The second-order valence-electron chi connectivity index (χ2n) is 9.24. The minimum atomic E-state index is -0.0177. The number of nitrogens with two attached hydrogens (primary N) is 1. The molecule has 2 aromatic heterocycles. The SMILES string of the molecule is C=CCCCn1c(-c2nc3cc(COC(C)C)cc(OC)c3n2C)cc2ccc([C@@H](C)N)cc21. The minimum absolute atomic E-state index is 0.0177. The molecule has 4 aromatic rings. The van der Waals surface area contributed by atoms with Crippen LogP contribution in [0.5, 0.6) is 5.75 Å². The number of aromatic nitrogens is 3. The first-order valence-electron chi connectivity index (χ1n) is 12.0. The fraction of sp³-hybridized carbons (Fsp3) is 0.393. The van der Waals surface area contributed by atoms with Crippen LogP contribution in [-0.4, -0.2) is 27.3 Å². The van der Waals surface area contributed by atoms with Crippen LogP contribution in [0, 0.1) is 0 Å². The van der Waals surface area contributed by atoms with Crippen molar-refractivity contribution in [1.82, 2.24) is 14.1 Å². The van der Waals surface area contributed by atoms with E-state index in [1.54, 1.807) is 7.11 Å². The number of fused-ring (bicyclic) bond motifs is 2. The van der Waals surface area contributed by atoms with Crippen LogP contribution < -0.4 is 10.5 Å². The molecular weight excluding hydrogens is 424 g/mol. The largest absolute Gasteiger partial charge is 0.494 e. The van der Waals surface area contributed by atoms with Gasteiger partial charge in [-0.1, -0.05) is 18.2 Å². The Labute approximate surface area is 202 Å². The van der Waals surface area contributed by atoms with Gasteiger partial charge in [-0.2, -0.15) is 0 Å². The topological polar surface area (TPSA) is 67.2 Å². The maximum Gasteiger partial charge on any atom is 0.157 e. The summed E-state index contributed by atoms with van der Waals surface area (Å²) in [4.78, 5) is 5.08.